The second kappa shape index (κ2) is 6.36. The predicted octanol–water partition coefficient (Wildman–Crippen LogP) is 1.74. The maximum atomic E-state index is 12.6. The Kier molecular flexibility index (Phi) is 4.74. The van der Waals surface area contributed by atoms with E-state index in [9.17, 15) is 13.2 Å². The van der Waals surface area contributed by atoms with Gasteiger partial charge in [0, 0.05) is 31.1 Å². The lowest BCUT2D eigenvalue weighted by molar-refractivity contribution is -0.131. The zero-order chi connectivity index (χ0) is 15.5. The first-order valence-corrected chi connectivity index (χ1v) is 8.27. The zero-order valence-corrected chi connectivity index (χ0v) is 12.6. The Hall–Kier alpha value is -1.73. The standard InChI is InChI=1S/C14H18N2O4S/c1-2-7-16(12-4-5-12)21(19,20)13-8-11(9-15-10-13)3-6-14(17)18/h3,6,8-10,12H,2,4-5,7H2,1H3,(H,17,18). The number of carbonyl (C=O) groups is 1. The van der Waals surface area contributed by atoms with Crippen LogP contribution in [0.15, 0.2) is 29.4 Å². The number of hydrogen-bond acceptors (Lipinski definition) is 4. The predicted molar refractivity (Wildman–Crippen MR) is 78.1 cm³/mol. The summed E-state index contributed by atoms with van der Waals surface area (Å²) in [5, 5.41) is 8.61. The molecule has 0 atom stereocenters. The number of pyridine rings is 1. The van der Waals surface area contributed by atoms with Gasteiger partial charge in [-0.25, -0.2) is 13.2 Å². The molecule has 1 aromatic heterocycles. The van der Waals surface area contributed by atoms with E-state index in [0.29, 0.717) is 12.1 Å². The third-order valence-corrected chi connectivity index (χ3v) is 5.07. The summed E-state index contributed by atoms with van der Waals surface area (Å²) in [5.74, 6) is -1.09. The molecule has 114 valence electrons. The molecular formula is C14H18N2O4S. The summed E-state index contributed by atoms with van der Waals surface area (Å²) in [6, 6.07) is 1.54. The van der Waals surface area contributed by atoms with Crippen LogP contribution in [0.5, 0.6) is 0 Å². The number of aromatic nitrogens is 1. The zero-order valence-electron chi connectivity index (χ0n) is 11.8. The van der Waals surface area contributed by atoms with Crippen molar-refractivity contribution in [2.75, 3.05) is 6.54 Å². The molecule has 1 aromatic rings. The molecule has 0 aliphatic heterocycles. The third-order valence-electron chi connectivity index (χ3n) is 3.16. The van der Waals surface area contributed by atoms with E-state index in [4.69, 9.17) is 5.11 Å². The van der Waals surface area contributed by atoms with E-state index in [1.54, 1.807) is 0 Å². The second-order valence-electron chi connectivity index (χ2n) is 4.97. The number of sulfonamides is 1. The van der Waals surface area contributed by atoms with Gasteiger partial charge < -0.3 is 5.11 Å². The van der Waals surface area contributed by atoms with Gasteiger partial charge in [-0.1, -0.05) is 6.92 Å². The van der Waals surface area contributed by atoms with Crippen molar-refractivity contribution in [3.05, 3.63) is 30.1 Å². The minimum Gasteiger partial charge on any atom is -0.478 e. The lowest BCUT2D eigenvalue weighted by Gasteiger charge is -2.21. The van der Waals surface area contributed by atoms with E-state index < -0.39 is 16.0 Å². The van der Waals surface area contributed by atoms with Gasteiger partial charge in [0.2, 0.25) is 10.0 Å². The van der Waals surface area contributed by atoms with Crippen molar-refractivity contribution in [1.82, 2.24) is 9.29 Å². The van der Waals surface area contributed by atoms with Crippen LogP contribution in [0.2, 0.25) is 0 Å². The minimum atomic E-state index is -3.57. The van der Waals surface area contributed by atoms with Gasteiger partial charge in [-0.3, -0.25) is 4.98 Å². The molecule has 0 unspecified atom stereocenters. The Morgan fingerprint density at radius 3 is 2.76 bits per heavy atom. The lowest BCUT2D eigenvalue weighted by atomic mass is 10.2. The van der Waals surface area contributed by atoms with Gasteiger partial charge in [0.15, 0.2) is 0 Å². The van der Waals surface area contributed by atoms with Crippen molar-refractivity contribution in [3.63, 3.8) is 0 Å². The first kappa shape index (κ1) is 15.7. The van der Waals surface area contributed by atoms with Crippen LogP contribution in [0.25, 0.3) is 6.08 Å². The van der Waals surface area contributed by atoms with Gasteiger partial charge in [-0.2, -0.15) is 4.31 Å². The highest BCUT2D eigenvalue weighted by atomic mass is 32.2. The highest BCUT2D eigenvalue weighted by Crippen LogP contribution is 2.32. The first-order valence-electron chi connectivity index (χ1n) is 6.83. The number of carboxylic acid groups (broad SMARTS) is 1. The van der Waals surface area contributed by atoms with Crippen LogP contribution in [0.1, 0.15) is 31.7 Å². The average molecular weight is 310 g/mol. The van der Waals surface area contributed by atoms with E-state index in [1.165, 1.54) is 28.8 Å². The first-order chi connectivity index (χ1) is 9.95. The summed E-state index contributed by atoms with van der Waals surface area (Å²) >= 11 is 0. The fourth-order valence-corrected chi connectivity index (χ4v) is 3.83. The molecule has 0 bridgehead atoms. The topological polar surface area (TPSA) is 87.6 Å². The van der Waals surface area contributed by atoms with Gasteiger partial charge in [0.25, 0.3) is 0 Å². The lowest BCUT2D eigenvalue weighted by Crippen LogP contribution is -2.33. The van der Waals surface area contributed by atoms with E-state index >= 15 is 0 Å². The molecule has 1 aliphatic carbocycles. The van der Waals surface area contributed by atoms with Crippen LogP contribution in [0.4, 0.5) is 0 Å². The number of nitrogens with zero attached hydrogens (tertiary/aromatic N) is 2. The number of carboxylic acids is 1. The summed E-state index contributed by atoms with van der Waals surface area (Å²) < 4.78 is 26.8. The molecule has 0 saturated heterocycles. The van der Waals surface area contributed by atoms with E-state index in [-0.39, 0.29) is 10.9 Å². The summed E-state index contributed by atoms with van der Waals surface area (Å²) in [6.07, 6.45) is 7.56. The van der Waals surface area contributed by atoms with Crippen molar-refractivity contribution in [2.45, 2.75) is 37.1 Å². The van der Waals surface area contributed by atoms with Crippen molar-refractivity contribution < 1.29 is 18.3 Å². The van der Waals surface area contributed by atoms with Crippen LogP contribution >= 0.6 is 0 Å². The third kappa shape index (κ3) is 3.89. The molecule has 2 rings (SSSR count). The summed E-state index contributed by atoms with van der Waals surface area (Å²) in [7, 11) is -3.57. The van der Waals surface area contributed by atoms with Crippen molar-refractivity contribution in [2.24, 2.45) is 0 Å². The maximum absolute atomic E-state index is 12.6. The van der Waals surface area contributed by atoms with Crippen molar-refractivity contribution >= 4 is 22.1 Å². The molecule has 6 nitrogen and oxygen atoms in total. The molecular weight excluding hydrogens is 292 g/mol. The summed E-state index contributed by atoms with van der Waals surface area (Å²) in [4.78, 5) is 14.5. The fourth-order valence-electron chi connectivity index (χ4n) is 2.05. The van der Waals surface area contributed by atoms with Gasteiger partial charge in [0.05, 0.1) is 0 Å². The Morgan fingerprint density at radius 2 is 2.19 bits per heavy atom. The Labute approximate surface area is 124 Å². The second-order valence-corrected chi connectivity index (χ2v) is 6.86. The van der Waals surface area contributed by atoms with Crippen molar-refractivity contribution in [1.29, 1.82) is 0 Å². The molecule has 1 saturated carbocycles. The molecule has 21 heavy (non-hydrogen) atoms. The highest BCUT2D eigenvalue weighted by molar-refractivity contribution is 7.89. The normalized spacial score (nSPS) is 15.7. The quantitative estimate of drug-likeness (QED) is 0.775. The van der Waals surface area contributed by atoms with E-state index in [0.717, 1.165) is 25.3 Å². The Bertz CT molecular complexity index is 651. The minimum absolute atomic E-state index is 0.0909. The van der Waals surface area contributed by atoms with Crippen LogP contribution in [0.3, 0.4) is 0 Å². The SMILES string of the molecule is CCCN(C1CC1)S(=O)(=O)c1cncc(C=CC(=O)O)c1. The number of aliphatic carboxylic acids is 1. The summed E-state index contributed by atoms with van der Waals surface area (Å²) in [6.45, 7) is 2.43. The summed E-state index contributed by atoms with van der Waals surface area (Å²) in [5.41, 5.74) is 0.450. The van der Waals surface area contributed by atoms with Gasteiger partial charge in [0.1, 0.15) is 4.90 Å². The van der Waals surface area contributed by atoms with Gasteiger partial charge in [-0.15, -0.1) is 0 Å². The van der Waals surface area contributed by atoms with Crippen LogP contribution < -0.4 is 0 Å². The maximum Gasteiger partial charge on any atom is 0.328 e. The smallest absolute Gasteiger partial charge is 0.328 e. The Balaban J connectivity index is 2.31. The molecule has 7 heteroatoms. The largest absolute Gasteiger partial charge is 0.478 e. The van der Waals surface area contributed by atoms with E-state index in [2.05, 4.69) is 4.98 Å². The molecule has 0 amide bonds. The highest BCUT2D eigenvalue weighted by Gasteiger charge is 2.37. The molecule has 1 aliphatic rings. The molecule has 0 spiro atoms. The molecule has 0 radical (unpaired) electrons. The van der Waals surface area contributed by atoms with Gasteiger partial charge >= 0.3 is 5.97 Å². The van der Waals surface area contributed by atoms with Crippen LogP contribution in [-0.2, 0) is 14.8 Å². The van der Waals surface area contributed by atoms with Gasteiger partial charge in [-0.05, 0) is 37.0 Å². The molecule has 0 aromatic carbocycles. The molecule has 1 fully saturated rings. The van der Waals surface area contributed by atoms with Crippen molar-refractivity contribution in [3.8, 4) is 0 Å². The fraction of sp³-hybridized carbons (Fsp3) is 0.429. The Morgan fingerprint density at radius 1 is 1.48 bits per heavy atom. The van der Waals surface area contributed by atoms with Crippen LogP contribution in [-0.4, -0.2) is 41.4 Å². The van der Waals surface area contributed by atoms with Crippen LogP contribution in [0, 0.1) is 0 Å². The average Bonchev–Trinajstić information content (AvgIpc) is 3.27. The van der Waals surface area contributed by atoms with E-state index in [1.807, 2.05) is 6.92 Å². The molecule has 1 heterocycles. The monoisotopic (exact) mass is 310 g/mol. The number of hydrogen-bond donors (Lipinski definition) is 1. The molecule has 1 N–H and O–H groups in total. The number of rotatable bonds is 7.